The van der Waals surface area contributed by atoms with E-state index < -0.39 is 17.8 Å². The molecule has 1 atom stereocenters. The van der Waals surface area contributed by atoms with Crippen molar-refractivity contribution in [2.24, 2.45) is 5.92 Å². The molecule has 0 spiro atoms. The average molecular weight is 302 g/mol. The van der Waals surface area contributed by atoms with E-state index in [1.807, 2.05) is 18.2 Å². The molecule has 6 nitrogen and oxygen atoms in total. The Morgan fingerprint density at radius 3 is 2.73 bits per heavy atom. The number of nitrogens with zero attached hydrogens (tertiary/aromatic N) is 1. The van der Waals surface area contributed by atoms with Crippen LogP contribution in [-0.4, -0.2) is 36.0 Å². The molecule has 1 unspecified atom stereocenters. The number of benzene rings is 1. The molecular weight excluding hydrogens is 284 g/mol. The van der Waals surface area contributed by atoms with E-state index in [0.717, 1.165) is 18.4 Å². The normalized spacial score (nSPS) is 19.7. The summed E-state index contributed by atoms with van der Waals surface area (Å²) in [6.45, 7) is 0.817. The number of amides is 2. The van der Waals surface area contributed by atoms with Crippen LogP contribution in [0.2, 0.25) is 0 Å². The third-order valence-electron chi connectivity index (χ3n) is 4.27. The summed E-state index contributed by atoms with van der Waals surface area (Å²) in [4.78, 5) is 36.3. The van der Waals surface area contributed by atoms with Gasteiger partial charge in [-0.2, -0.15) is 0 Å². The fourth-order valence-corrected chi connectivity index (χ4v) is 3.07. The van der Waals surface area contributed by atoms with Crippen molar-refractivity contribution in [3.8, 4) is 0 Å². The van der Waals surface area contributed by atoms with Gasteiger partial charge in [-0.1, -0.05) is 18.2 Å². The first-order valence-corrected chi connectivity index (χ1v) is 7.48. The molecule has 0 radical (unpaired) electrons. The van der Waals surface area contributed by atoms with Crippen molar-refractivity contribution in [3.05, 3.63) is 29.8 Å². The maximum absolute atomic E-state index is 12.1. The number of hydrogen-bond donors (Lipinski definition) is 2. The Labute approximate surface area is 128 Å². The summed E-state index contributed by atoms with van der Waals surface area (Å²) in [7, 11) is 0. The predicted octanol–water partition coefficient (Wildman–Crippen LogP) is 1.12. The molecule has 1 aliphatic heterocycles. The number of carbonyl (C=O) groups is 3. The van der Waals surface area contributed by atoms with Crippen LogP contribution in [0.5, 0.6) is 0 Å². The van der Waals surface area contributed by atoms with Gasteiger partial charge in [-0.3, -0.25) is 14.4 Å². The summed E-state index contributed by atoms with van der Waals surface area (Å²) in [5.41, 5.74) is 1.52. The lowest BCUT2D eigenvalue weighted by atomic mass is 9.89. The van der Waals surface area contributed by atoms with Gasteiger partial charge in [0.15, 0.2) is 0 Å². The minimum absolute atomic E-state index is 0.0515. The third kappa shape index (κ3) is 2.81. The predicted molar refractivity (Wildman–Crippen MR) is 79.5 cm³/mol. The van der Waals surface area contributed by atoms with Gasteiger partial charge in [0.05, 0.1) is 6.42 Å². The van der Waals surface area contributed by atoms with Gasteiger partial charge in [0.25, 0.3) is 0 Å². The van der Waals surface area contributed by atoms with E-state index in [1.54, 1.807) is 6.07 Å². The zero-order valence-corrected chi connectivity index (χ0v) is 12.1. The van der Waals surface area contributed by atoms with Gasteiger partial charge in [-0.25, -0.2) is 0 Å². The maximum atomic E-state index is 12.1. The minimum atomic E-state index is -0.839. The molecule has 1 saturated heterocycles. The van der Waals surface area contributed by atoms with Crippen molar-refractivity contribution in [2.75, 3.05) is 18.0 Å². The van der Waals surface area contributed by atoms with Crippen molar-refractivity contribution < 1.29 is 19.5 Å². The first kappa shape index (κ1) is 14.6. The maximum Gasteiger partial charge on any atom is 0.316 e. The summed E-state index contributed by atoms with van der Waals surface area (Å²) in [5, 5.41) is 11.7. The van der Waals surface area contributed by atoms with Crippen LogP contribution in [-0.2, 0) is 14.4 Å². The van der Waals surface area contributed by atoms with E-state index in [1.165, 1.54) is 4.90 Å². The summed E-state index contributed by atoms with van der Waals surface area (Å²) in [5.74, 6) is -1.78. The topological polar surface area (TPSA) is 86.7 Å². The summed E-state index contributed by atoms with van der Waals surface area (Å²) in [6, 6.07) is 7.33. The SMILES string of the molecule is O=C(O)CC(c1ccccc1N1CCNC(=O)C1=O)C1CC1. The Hall–Kier alpha value is -2.37. The minimum Gasteiger partial charge on any atom is -0.481 e. The molecule has 22 heavy (non-hydrogen) atoms. The molecule has 0 aromatic heterocycles. The van der Waals surface area contributed by atoms with Crippen LogP contribution in [0.4, 0.5) is 5.69 Å². The highest BCUT2D eigenvalue weighted by Gasteiger charge is 2.37. The molecule has 6 heteroatoms. The molecule has 116 valence electrons. The number of nitrogens with one attached hydrogen (secondary N) is 1. The van der Waals surface area contributed by atoms with Gasteiger partial charge < -0.3 is 15.3 Å². The Morgan fingerprint density at radius 2 is 2.05 bits per heavy atom. The van der Waals surface area contributed by atoms with Crippen LogP contribution in [0.25, 0.3) is 0 Å². The van der Waals surface area contributed by atoms with Crippen LogP contribution in [0.3, 0.4) is 0 Å². The van der Waals surface area contributed by atoms with Gasteiger partial charge in [0.1, 0.15) is 0 Å². The second-order valence-corrected chi connectivity index (χ2v) is 5.81. The van der Waals surface area contributed by atoms with Crippen molar-refractivity contribution in [3.63, 3.8) is 0 Å². The highest BCUT2D eigenvalue weighted by molar-refractivity contribution is 6.41. The van der Waals surface area contributed by atoms with Crippen molar-refractivity contribution >= 4 is 23.5 Å². The monoisotopic (exact) mass is 302 g/mol. The van der Waals surface area contributed by atoms with Crippen LogP contribution in [0.1, 0.15) is 30.7 Å². The molecule has 2 amide bonds. The van der Waals surface area contributed by atoms with Crippen LogP contribution in [0, 0.1) is 5.92 Å². The molecular formula is C16H18N2O4. The highest BCUT2D eigenvalue weighted by atomic mass is 16.4. The fraction of sp³-hybridized carbons (Fsp3) is 0.438. The molecule has 1 heterocycles. The molecule has 3 rings (SSSR count). The lowest BCUT2D eigenvalue weighted by molar-refractivity contribution is -0.138. The molecule has 2 N–H and O–H groups in total. The molecule has 1 aromatic carbocycles. The summed E-state index contributed by atoms with van der Waals surface area (Å²) >= 11 is 0. The molecule has 1 saturated carbocycles. The van der Waals surface area contributed by atoms with Gasteiger partial charge in [-0.05, 0) is 36.3 Å². The van der Waals surface area contributed by atoms with Crippen molar-refractivity contribution in [1.82, 2.24) is 5.32 Å². The molecule has 2 fully saturated rings. The number of carboxylic acid groups (broad SMARTS) is 1. The number of piperazine rings is 1. The van der Waals surface area contributed by atoms with E-state index >= 15 is 0 Å². The van der Waals surface area contributed by atoms with Gasteiger partial charge in [-0.15, -0.1) is 0 Å². The van der Waals surface area contributed by atoms with Gasteiger partial charge in [0.2, 0.25) is 0 Å². The zero-order chi connectivity index (χ0) is 15.7. The van der Waals surface area contributed by atoms with E-state index in [4.69, 9.17) is 0 Å². The summed E-state index contributed by atoms with van der Waals surface area (Å²) < 4.78 is 0. The molecule has 0 bridgehead atoms. The standard InChI is InChI=1S/C16H18N2O4/c19-14(20)9-12(10-5-6-10)11-3-1-2-4-13(11)18-8-7-17-15(21)16(18)22/h1-4,10,12H,5-9H2,(H,17,21)(H,19,20). The number of aliphatic carboxylic acids is 1. The lowest BCUT2D eigenvalue weighted by Crippen LogP contribution is -2.52. The van der Waals surface area contributed by atoms with Gasteiger partial charge >= 0.3 is 17.8 Å². The Kier molecular flexibility index (Phi) is 3.83. The van der Waals surface area contributed by atoms with Crippen LogP contribution in [0.15, 0.2) is 24.3 Å². The van der Waals surface area contributed by atoms with E-state index in [9.17, 15) is 19.5 Å². The van der Waals surface area contributed by atoms with Gasteiger partial charge in [0, 0.05) is 18.8 Å². The quantitative estimate of drug-likeness (QED) is 0.798. The lowest BCUT2D eigenvalue weighted by Gasteiger charge is -2.30. The number of carbonyl (C=O) groups excluding carboxylic acids is 2. The second-order valence-electron chi connectivity index (χ2n) is 5.81. The van der Waals surface area contributed by atoms with Crippen LogP contribution >= 0.6 is 0 Å². The first-order chi connectivity index (χ1) is 10.6. The van der Waals surface area contributed by atoms with E-state index in [0.29, 0.717) is 24.7 Å². The number of anilines is 1. The Morgan fingerprint density at radius 1 is 1.32 bits per heavy atom. The first-order valence-electron chi connectivity index (χ1n) is 7.48. The Bertz CT molecular complexity index is 624. The van der Waals surface area contributed by atoms with E-state index in [-0.39, 0.29) is 12.3 Å². The largest absolute Gasteiger partial charge is 0.481 e. The number of hydrogen-bond acceptors (Lipinski definition) is 3. The van der Waals surface area contributed by atoms with Crippen LogP contribution < -0.4 is 10.2 Å². The second kappa shape index (κ2) is 5.79. The smallest absolute Gasteiger partial charge is 0.316 e. The zero-order valence-electron chi connectivity index (χ0n) is 12.1. The highest BCUT2D eigenvalue weighted by Crippen LogP contribution is 2.47. The molecule has 1 aliphatic carbocycles. The molecule has 1 aromatic rings. The summed E-state index contributed by atoms with van der Waals surface area (Å²) in [6.07, 6.45) is 2.08. The fourth-order valence-electron chi connectivity index (χ4n) is 3.07. The van der Waals surface area contributed by atoms with Crippen molar-refractivity contribution in [2.45, 2.75) is 25.2 Å². The van der Waals surface area contributed by atoms with Crippen molar-refractivity contribution in [1.29, 1.82) is 0 Å². The number of rotatable bonds is 5. The molecule has 2 aliphatic rings. The van der Waals surface area contributed by atoms with E-state index in [2.05, 4.69) is 5.32 Å². The third-order valence-corrected chi connectivity index (χ3v) is 4.27. The average Bonchev–Trinajstić information content (AvgIpc) is 3.32. The Balaban J connectivity index is 1.96. The number of carboxylic acids is 1. The number of para-hydroxylation sites is 1.